The Morgan fingerprint density at radius 3 is 3.23 bits per heavy atom. The van der Waals surface area contributed by atoms with Gasteiger partial charge in [0.2, 0.25) is 6.23 Å². The molecule has 1 aliphatic heterocycles. The number of nitrogens with zero attached hydrogens (tertiary/aromatic N) is 3. The van der Waals surface area contributed by atoms with Crippen LogP contribution in [0.15, 0.2) is 12.5 Å². The largest absolute Gasteiger partial charge is 0.365 e. The lowest BCUT2D eigenvalue weighted by Crippen LogP contribution is -2.46. The van der Waals surface area contributed by atoms with Crippen molar-refractivity contribution in [3.63, 3.8) is 0 Å². The van der Waals surface area contributed by atoms with E-state index in [-0.39, 0.29) is 0 Å². The molecule has 0 saturated heterocycles. The summed E-state index contributed by atoms with van der Waals surface area (Å²) in [4.78, 5) is 20.2. The van der Waals surface area contributed by atoms with Crippen molar-refractivity contribution in [2.45, 2.75) is 6.23 Å². The number of rotatable bonds is 0. The van der Waals surface area contributed by atoms with E-state index in [2.05, 4.69) is 15.3 Å². The number of nitrogens with one attached hydrogen (secondary N) is 1. The van der Waals surface area contributed by atoms with Crippen molar-refractivity contribution in [2.75, 3.05) is 17.3 Å². The van der Waals surface area contributed by atoms with Crippen molar-refractivity contribution in [1.29, 1.82) is 0 Å². The van der Waals surface area contributed by atoms with Crippen LogP contribution in [0.5, 0.6) is 0 Å². The van der Waals surface area contributed by atoms with Crippen molar-refractivity contribution >= 4 is 17.4 Å². The van der Waals surface area contributed by atoms with Crippen LogP contribution in [0.4, 0.5) is 11.5 Å². The van der Waals surface area contributed by atoms with Crippen molar-refractivity contribution in [3.8, 4) is 0 Å². The predicted octanol–water partition coefficient (Wildman–Crippen LogP) is -0.817. The molecule has 2 heterocycles. The zero-order valence-corrected chi connectivity index (χ0v) is 6.93. The van der Waals surface area contributed by atoms with E-state index in [1.807, 2.05) is 0 Å². The third-order valence-corrected chi connectivity index (χ3v) is 1.92. The van der Waals surface area contributed by atoms with Gasteiger partial charge in [0.05, 0.1) is 6.20 Å². The first kappa shape index (κ1) is 7.93. The van der Waals surface area contributed by atoms with E-state index in [1.54, 1.807) is 7.05 Å². The van der Waals surface area contributed by atoms with E-state index in [0.717, 1.165) is 0 Å². The maximum atomic E-state index is 11.1. The summed E-state index contributed by atoms with van der Waals surface area (Å²) in [6.07, 6.45) is 1.70. The molecule has 0 bridgehead atoms. The van der Waals surface area contributed by atoms with Crippen LogP contribution in [0.3, 0.4) is 0 Å². The molecule has 2 N–H and O–H groups in total. The first-order valence-corrected chi connectivity index (χ1v) is 3.72. The first-order chi connectivity index (χ1) is 6.20. The van der Waals surface area contributed by atoms with E-state index in [9.17, 15) is 9.90 Å². The fraction of sp³-hybridized carbons (Fsp3) is 0.286. The van der Waals surface area contributed by atoms with Gasteiger partial charge in [-0.1, -0.05) is 0 Å². The number of likely N-dealkylation sites (N-methyl/N-ethyl adjacent to an activating group) is 1. The lowest BCUT2D eigenvalue weighted by atomic mass is 10.3. The average Bonchev–Trinajstić information content (AvgIpc) is 2.15. The number of aliphatic hydroxyl groups excluding tert-OH is 1. The molecule has 0 spiro atoms. The SMILES string of the molecule is CN1c2cncnc2NC(=O)C1O. The van der Waals surface area contributed by atoms with Crippen LogP contribution in [0, 0.1) is 0 Å². The lowest BCUT2D eigenvalue weighted by molar-refractivity contribution is -0.124. The molecule has 0 fully saturated rings. The number of hydrogen-bond donors (Lipinski definition) is 2. The number of fused-ring (bicyclic) bond motifs is 1. The summed E-state index contributed by atoms with van der Waals surface area (Å²) in [5.41, 5.74) is 0.606. The Bertz CT molecular complexity index is 354. The molecule has 0 aromatic carbocycles. The minimum Gasteiger partial charge on any atom is -0.365 e. The van der Waals surface area contributed by atoms with Gasteiger partial charge in [-0.05, 0) is 0 Å². The van der Waals surface area contributed by atoms with Gasteiger partial charge in [-0.2, -0.15) is 0 Å². The maximum absolute atomic E-state index is 11.1. The van der Waals surface area contributed by atoms with Crippen LogP contribution in [-0.4, -0.2) is 34.3 Å². The number of hydrogen-bond acceptors (Lipinski definition) is 5. The standard InChI is InChI=1S/C7H8N4O2/c1-11-4-2-8-3-9-5(4)10-6(12)7(11)13/h2-3,7,13H,1H3,(H,8,9,10,12). The van der Waals surface area contributed by atoms with Gasteiger partial charge in [-0.25, -0.2) is 9.97 Å². The molecule has 68 valence electrons. The van der Waals surface area contributed by atoms with Crippen LogP contribution in [-0.2, 0) is 4.79 Å². The van der Waals surface area contributed by atoms with Gasteiger partial charge >= 0.3 is 0 Å². The summed E-state index contributed by atoms with van der Waals surface area (Å²) in [6, 6.07) is 0. The van der Waals surface area contributed by atoms with Crippen LogP contribution in [0.2, 0.25) is 0 Å². The van der Waals surface area contributed by atoms with Gasteiger partial charge in [0.15, 0.2) is 5.82 Å². The van der Waals surface area contributed by atoms with Gasteiger partial charge in [0, 0.05) is 7.05 Å². The zero-order valence-electron chi connectivity index (χ0n) is 6.93. The van der Waals surface area contributed by atoms with Crippen molar-refractivity contribution in [2.24, 2.45) is 0 Å². The number of anilines is 2. The Kier molecular flexibility index (Phi) is 1.63. The molecule has 0 radical (unpaired) electrons. The van der Waals surface area contributed by atoms with Crippen LogP contribution >= 0.6 is 0 Å². The predicted molar refractivity (Wildman–Crippen MR) is 45.1 cm³/mol. The highest BCUT2D eigenvalue weighted by atomic mass is 16.3. The molecule has 1 aromatic rings. The van der Waals surface area contributed by atoms with E-state index in [4.69, 9.17) is 0 Å². The Morgan fingerprint density at radius 1 is 1.69 bits per heavy atom. The molecular weight excluding hydrogens is 172 g/mol. The Balaban J connectivity index is 2.49. The Morgan fingerprint density at radius 2 is 2.46 bits per heavy atom. The van der Waals surface area contributed by atoms with Crippen molar-refractivity contribution < 1.29 is 9.90 Å². The van der Waals surface area contributed by atoms with Crippen LogP contribution in [0.25, 0.3) is 0 Å². The molecule has 2 rings (SSSR count). The summed E-state index contributed by atoms with van der Waals surface area (Å²) in [6.45, 7) is 0. The molecule has 0 aliphatic carbocycles. The fourth-order valence-electron chi connectivity index (χ4n) is 1.17. The Hall–Kier alpha value is -1.69. The summed E-state index contributed by atoms with van der Waals surface area (Å²) in [5.74, 6) is -0.0542. The summed E-state index contributed by atoms with van der Waals surface area (Å²) in [5, 5.41) is 11.8. The first-order valence-electron chi connectivity index (χ1n) is 3.72. The minimum absolute atomic E-state index is 0.424. The molecule has 1 unspecified atom stereocenters. The van der Waals surface area contributed by atoms with E-state index >= 15 is 0 Å². The zero-order chi connectivity index (χ0) is 9.42. The summed E-state index contributed by atoms with van der Waals surface area (Å²) < 4.78 is 0. The quantitative estimate of drug-likeness (QED) is 0.545. The average molecular weight is 180 g/mol. The number of carbonyl (C=O) groups is 1. The molecule has 13 heavy (non-hydrogen) atoms. The third kappa shape index (κ3) is 1.11. The highest BCUT2D eigenvalue weighted by molar-refractivity contribution is 6.00. The lowest BCUT2D eigenvalue weighted by Gasteiger charge is -2.30. The van der Waals surface area contributed by atoms with E-state index < -0.39 is 12.1 Å². The Labute approximate surface area is 74.2 Å². The smallest absolute Gasteiger partial charge is 0.275 e. The van der Waals surface area contributed by atoms with Gasteiger partial charge < -0.3 is 15.3 Å². The molecule has 0 saturated carbocycles. The molecule has 6 heteroatoms. The van der Waals surface area contributed by atoms with Crippen molar-refractivity contribution in [1.82, 2.24) is 9.97 Å². The monoisotopic (exact) mass is 180 g/mol. The molecule has 1 amide bonds. The van der Waals surface area contributed by atoms with Crippen molar-refractivity contribution in [3.05, 3.63) is 12.5 Å². The van der Waals surface area contributed by atoms with Crippen LogP contribution in [0.1, 0.15) is 0 Å². The summed E-state index contributed by atoms with van der Waals surface area (Å²) in [7, 11) is 1.60. The topological polar surface area (TPSA) is 78.4 Å². The maximum Gasteiger partial charge on any atom is 0.275 e. The molecule has 6 nitrogen and oxygen atoms in total. The normalized spacial score (nSPS) is 20.9. The van der Waals surface area contributed by atoms with E-state index in [1.165, 1.54) is 17.4 Å². The second-order valence-corrected chi connectivity index (χ2v) is 2.73. The second-order valence-electron chi connectivity index (χ2n) is 2.73. The number of amides is 1. The van der Waals surface area contributed by atoms with Gasteiger partial charge in [-0.15, -0.1) is 0 Å². The number of aromatic nitrogens is 2. The van der Waals surface area contributed by atoms with E-state index in [0.29, 0.717) is 11.5 Å². The third-order valence-electron chi connectivity index (χ3n) is 1.92. The minimum atomic E-state index is -1.17. The number of aliphatic hydroxyl groups is 1. The second kappa shape index (κ2) is 2.67. The van der Waals surface area contributed by atoms with Gasteiger partial charge in [0.1, 0.15) is 12.0 Å². The highest BCUT2D eigenvalue weighted by Gasteiger charge is 2.29. The fourth-order valence-corrected chi connectivity index (χ4v) is 1.17. The van der Waals surface area contributed by atoms with Gasteiger partial charge in [0.25, 0.3) is 5.91 Å². The van der Waals surface area contributed by atoms with Gasteiger partial charge in [-0.3, -0.25) is 4.79 Å². The molecule has 1 atom stereocenters. The molecular formula is C7H8N4O2. The molecule has 1 aliphatic rings. The summed E-state index contributed by atoms with van der Waals surface area (Å²) >= 11 is 0. The number of carbonyl (C=O) groups excluding carboxylic acids is 1. The highest BCUT2D eigenvalue weighted by Crippen LogP contribution is 2.26. The molecule has 1 aromatic heterocycles. The van der Waals surface area contributed by atoms with Crippen LogP contribution < -0.4 is 10.2 Å².